The van der Waals surface area contributed by atoms with E-state index in [-0.39, 0.29) is 16.9 Å². The van der Waals surface area contributed by atoms with Gasteiger partial charge in [-0.1, -0.05) is 26.0 Å². The maximum absolute atomic E-state index is 13.4. The molecule has 2 aromatic carbocycles. The quantitative estimate of drug-likeness (QED) is 0.216. The molecule has 0 aliphatic rings. The zero-order valence-electron chi connectivity index (χ0n) is 19.1. The molecular formula is C25H30N2O5. The third kappa shape index (κ3) is 5.16. The number of para-hydroxylation sites is 1. The second kappa shape index (κ2) is 10.4. The number of rotatable bonds is 9. The van der Waals surface area contributed by atoms with Crippen LogP contribution in [-0.4, -0.2) is 41.0 Å². The molecule has 170 valence electrons. The predicted octanol–water partition coefficient (Wildman–Crippen LogP) is 4.13. The number of carbonyl (C=O) groups excluding carboxylic acids is 2. The Morgan fingerprint density at radius 3 is 2.28 bits per heavy atom. The first kappa shape index (κ1) is 23.5. The van der Waals surface area contributed by atoms with E-state index in [4.69, 9.17) is 9.47 Å². The van der Waals surface area contributed by atoms with Gasteiger partial charge >= 0.3 is 11.9 Å². The third-order valence-electron chi connectivity index (χ3n) is 5.53. The smallest absolute Gasteiger partial charge is 0.308 e. The minimum atomic E-state index is -0.551. The van der Waals surface area contributed by atoms with Crippen molar-refractivity contribution in [3.63, 3.8) is 0 Å². The molecule has 0 saturated heterocycles. The van der Waals surface area contributed by atoms with E-state index in [9.17, 15) is 14.4 Å². The number of hydrogen-bond acceptors (Lipinski definition) is 6. The molecule has 1 aromatic heterocycles. The highest BCUT2D eigenvalue weighted by Gasteiger charge is 2.18. The molecule has 0 atom stereocenters. The SMILES string of the molecule is CCN(CC)CCCCn1c2ccccc2c(=O)c2c(OC(C)=O)cc(OC(C)=O)cc21. The molecule has 0 bridgehead atoms. The van der Waals surface area contributed by atoms with Crippen LogP contribution in [-0.2, 0) is 16.1 Å². The number of aromatic nitrogens is 1. The van der Waals surface area contributed by atoms with Crippen molar-refractivity contribution in [3.05, 3.63) is 46.6 Å². The van der Waals surface area contributed by atoms with Crippen molar-refractivity contribution in [1.82, 2.24) is 9.47 Å². The van der Waals surface area contributed by atoms with Crippen molar-refractivity contribution in [2.45, 2.75) is 47.1 Å². The van der Waals surface area contributed by atoms with Crippen molar-refractivity contribution >= 4 is 33.7 Å². The van der Waals surface area contributed by atoms with E-state index in [0.29, 0.717) is 22.8 Å². The Morgan fingerprint density at radius 2 is 1.62 bits per heavy atom. The summed E-state index contributed by atoms with van der Waals surface area (Å²) in [5, 5.41) is 0.857. The molecule has 1 heterocycles. The van der Waals surface area contributed by atoms with Gasteiger partial charge in [0.2, 0.25) is 5.43 Å². The largest absolute Gasteiger partial charge is 0.427 e. The Balaban J connectivity index is 2.17. The minimum Gasteiger partial charge on any atom is -0.427 e. The average Bonchev–Trinajstić information content (AvgIpc) is 2.74. The summed E-state index contributed by atoms with van der Waals surface area (Å²) in [5.41, 5.74) is 1.15. The zero-order valence-corrected chi connectivity index (χ0v) is 19.1. The summed E-state index contributed by atoms with van der Waals surface area (Å²) in [6.07, 6.45) is 1.91. The van der Waals surface area contributed by atoms with Crippen LogP contribution >= 0.6 is 0 Å². The van der Waals surface area contributed by atoms with Crippen LogP contribution in [0.25, 0.3) is 21.8 Å². The van der Waals surface area contributed by atoms with E-state index in [1.807, 2.05) is 22.8 Å². The zero-order chi connectivity index (χ0) is 23.3. The molecule has 3 rings (SSSR count). The van der Waals surface area contributed by atoms with Gasteiger partial charge in [0.1, 0.15) is 11.5 Å². The highest BCUT2D eigenvalue weighted by molar-refractivity contribution is 5.98. The second-order valence-electron chi connectivity index (χ2n) is 7.73. The van der Waals surface area contributed by atoms with Crippen molar-refractivity contribution in [2.75, 3.05) is 19.6 Å². The lowest BCUT2D eigenvalue weighted by Gasteiger charge is -2.20. The molecule has 32 heavy (non-hydrogen) atoms. The molecule has 0 amide bonds. The van der Waals surface area contributed by atoms with Crippen molar-refractivity contribution < 1.29 is 19.1 Å². The number of benzene rings is 2. The van der Waals surface area contributed by atoms with Gasteiger partial charge in [0.25, 0.3) is 0 Å². The first-order valence-corrected chi connectivity index (χ1v) is 11.0. The number of aryl methyl sites for hydroxylation is 1. The molecule has 7 heteroatoms. The van der Waals surface area contributed by atoms with Gasteiger partial charge in [0.15, 0.2) is 0 Å². The first-order valence-electron chi connectivity index (χ1n) is 11.0. The van der Waals surface area contributed by atoms with Crippen LogP contribution in [0.3, 0.4) is 0 Å². The summed E-state index contributed by atoms with van der Waals surface area (Å²) in [5.74, 6) is -0.719. The molecule has 0 unspecified atom stereocenters. The number of pyridine rings is 1. The van der Waals surface area contributed by atoms with Crippen LogP contribution in [0.2, 0.25) is 0 Å². The van der Waals surface area contributed by atoms with E-state index < -0.39 is 11.9 Å². The number of ether oxygens (including phenoxy) is 2. The van der Waals surface area contributed by atoms with E-state index in [2.05, 4.69) is 18.7 Å². The maximum Gasteiger partial charge on any atom is 0.308 e. The Hall–Kier alpha value is -3.19. The number of nitrogens with zero attached hydrogens (tertiary/aromatic N) is 2. The number of fused-ring (bicyclic) bond motifs is 2. The normalized spacial score (nSPS) is 11.3. The topological polar surface area (TPSA) is 77.8 Å². The summed E-state index contributed by atoms with van der Waals surface area (Å²) in [7, 11) is 0. The molecule has 0 aliphatic heterocycles. The summed E-state index contributed by atoms with van der Waals surface area (Å²) < 4.78 is 12.7. The van der Waals surface area contributed by atoms with E-state index in [0.717, 1.165) is 38.0 Å². The van der Waals surface area contributed by atoms with Crippen LogP contribution in [0.1, 0.15) is 40.5 Å². The highest BCUT2D eigenvalue weighted by Crippen LogP contribution is 2.32. The molecule has 0 aliphatic carbocycles. The molecule has 0 radical (unpaired) electrons. The van der Waals surface area contributed by atoms with Gasteiger partial charge in [-0.3, -0.25) is 14.4 Å². The van der Waals surface area contributed by atoms with E-state index in [1.54, 1.807) is 12.1 Å². The minimum absolute atomic E-state index is 0.0962. The van der Waals surface area contributed by atoms with Gasteiger partial charge in [0.05, 0.1) is 16.4 Å². The fourth-order valence-corrected chi connectivity index (χ4v) is 4.03. The average molecular weight is 439 g/mol. The maximum atomic E-state index is 13.4. The summed E-state index contributed by atoms with van der Waals surface area (Å²) in [6, 6.07) is 10.5. The lowest BCUT2D eigenvalue weighted by atomic mass is 10.1. The summed E-state index contributed by atoms with van der Waals surface area (Å²) in [4.78, 5) is 39.0. The molecule has 0 spiro atoms. The fourth-order valence-electron chi connectivity index (χ4n) is 4.03. The van der Waals surface area contributed by atoms with Crippen molar-refractivity contribution in [1.29, 1.82) is 0 Å². The summed E-state index contributed by atoms with van der Waals surface area (Å²) >= 11 is 0. The molecule has 3 aromatic rings. The van der Waals surface area contributed by atoms with Gasteiger partial charge in [-0.25, -0.2) is 0 Å². The standard InChI is InChI=1S/C25H30N2O5/c1-5-26(6-2)13-9-10-14-27-21-12-8-7-11-20(21)25(30)24-22(27)15-19(31-17(3)28)16-23(24)32-18(4)29/h7-8,11-12,15-16H,5-6,9-10,13-14H2,1-4H3. The Morgan fingerprint density at radius 1 is 0.938 bits per heavy atom. The van der Waals surface area contributed by atoms with Crippen LogP contribution in [0.15, 0.2) is 41.2 Å². The van der Waals surface area contributed by atoms with Crippen molar-refractivity contribution in [3.8, 4) is 11.5 Å². The number of unbranched alkanes of at least 4 members (excludes halogenated alkanes) is 1. The van der Waals surface area contributed by atoms with Crippen LogP contribution < -0.4 is 14.9 Å². The van der Waals surface area contributed by atoms with E-state index in [1.165, 1.54) is 19.9 Å². The van der Waals surface area contributed by atoms with Crippen LogP contribution in [0.4, 0.5) is 0 Å². The fraction of sp³-hybridized carbons (Fsp3) is 0.400. The predicted molar refractivity (Wildman–Crippen MR) is 125 cm³/mol. The lowest BCUT2D eigenvalue weighted by Crippen LogP contribution is -2.24. The van der Waals surface area contributed by atoms with Crippen LogP contribution in [0, 0.1) is 0 Å². The second-order valence-corrected chi connectivity index (χ2v) is 7.73. The molecular weight excluding hydrogens is 408 g/mol. The molecule has 0 saturated carbocycles. The van der Waals surface area contributed by atoms with Gasteiger partial charge < -0.3 is 18.9 Å². The number of esters is 2. The Labute approximate surface area is 187 Å². The van der Waals surface area contributed by atoms with Gasteiger partial charge in [-0.05, 0) is 44.6 Å². The highest BCUT2D eigenvalue weighted by atomic mass is 16.5. The van der Waals surface area contributed by atoms with E-state index >= 15 is 0 Å². The number of carbonyl (C=O) groups is 2. The molecule has 7 nitrogen and oxygen atoms in total. The van der Waals surface area contributed by atoms with Crippen LogP contribution in [0.5, 0.6) is 11.5 Å². The Bertz CT molecular complexity index is 1190. The summed E-state index contributed by atoms with van der Waals surface area (Å²) in [6.45, 7) is 10.6. The van der Waals surface area contributed by atoms with Gasteiger partial charge in [0, 0.05) is 37.9 Å². The third-order valence-corrected chi connectivity index (χ3v) is 5.53. The Kier molecular flexibility index (Phi) is 7.64. The lowest BCUT2D eigenvalue weighted by molar-refractivity contribution is -0.132. The monoisotopic (exact) mass is 438 g/mol. The van der Waals surface area contributed by atoms with Gasteiger partial charge in [-0.15, -0.1) is 0 Å². The van der Waals surface area contributed by atoms with Gasteiger partial charge in [-0.2, -0.15) is 0 Å². The first-order chi connectivity index (χ1) is 15.3. The number of hydrogen-bond donors (Lipinski definition) is 0. The van der Waals surface area contributed by atoms with Crippen molar-refractivity contribution in [2.24, 2.45) is 0 Å². The molecule has 0 N–H and O–H groups in total. The molecule has 0 fully saturated rings.